The van der Waals surface area contributed by atoms with Gasteiger partial charge in [0.2, 0.25) is 0 Å². The van der Waals surface area contributed by atoms with Gasteiger partial charge in [0.1, 0.15) is 11.9 Å². The summed E-state index contributed by atoms with van der Waals surface area (Å²) in [4.78, 5) is 17.9. The van der Waals surface area contributed by atoms with E-state index in [2.05, 4.69) is 19.7 Å². The highest BCUT2D eigenvalue weighted by atomic mass is 16.5. The molecule has 0 aromatic carbocycles. The van der Waals surface area contributed by atoms with Crippen molar-refractivity contribution in [2.45, 2.75) is 0 Å². The molecule has 0 aromatic heterocycles. The van der Waals surface area contributed by atoms with E-state index in [1.165, 1.54) is 7.11 Å². The third kappa shape index (κ3) is 3.13. The van der Waals surface area contributed by atoms with Gasteiger partial charge in [0.05, 0.1) is 7.11 Å². The highest BCUT2D eigenvalue weighted by Crippen LogP contribution is 2.16. The standard InChI is InChI=1S/C10H14N6O2/c1-15-3-5-16(6-4-15)9(13-14-12)8(7-11)10(17)18-2/h3-6H2,1-2H3/b9-8+. The zero-order valence-electron chi connectivity index (χ0n) is 10.3. The normalized spacial score (nSPS) is 17.3. The van der Waals surface area contributed by atoms with Crippen molar-refractivity contribution in [1.29, 1.82) is 5.26 Å². The van der Waals surface area contributed by atoms with Gasteiger partial charge in [-0.2, -0.15) is 5.26 Å². The predicted molar refractivity (Wildman–Crippen MR) is 62.9 cm³/mol. The molecule has 8 nitrogen and oxygen atoms in total. The molecule has 0 unspecified atom stereocenters. The SMILES string of the molecule is COC(=O)/C(C#N)=C(\N=[N+]=[N-])N1CCN(C)CC1. The molecule has 0 N–H and O–H groups in total. The molecule has 0 saturated carbocycles. The Kier molecular flexibility index (Phi) is 4.99. The Labute approximate surface area is 105 Å². The van der Waals surface area contributed by atoms with Gasteiger partial charge in [0.25, 0.3) is 0 Å². The molecule has 0 atom stereocenters. The first-order valence-corrected chi connectivity index (χ1v) is 5.35. The third-order valence-electron chi connectivity index (χ3n) is 2.67. The topological polar surface area (TPSA) is 105 Å². The molecule has 1 aliphatic heterocycles. The number of hydrogen-bond donors (Lipinski definition) is 0. The van der Waals surface area contributed by atoms with Crippen molar-refractivity contribution in [2.24, 2.45) is 5.11 Å². The molecule has 0 radical (unpaired) electrons. The van der Waals surface area contributed by atoms with Crippen LogP contribution in [0.25, 0.3) is 10.4 Å². The lowest BCUT2D eigenvalue weighted by Gasteiger charge is -2.34. The van der Waals surface area contributed by atoms with Gasteiger partial charge < -0.3 is 14.5 Å². The molecule has 0 bridgehead atoms. The Morgan fingerprint density at radius 2 is 2.06 bits per heavy atom. The summed E-state index contributed by atoms with van der Waals surface area (Å²) in [6, 6.07) is 1.73. The maximum atomic E-state index is 11.4. The van der Waals surface area contributed by atoms with Crippen molar-refractivity contribution < 1.29 is 9.53 Å². The van der Waals surface area contributed by atoms with E-state index in [1.807, 2.05) is 7.05 Å². The largest absolute Gasteiger partial charge is 0.465 e. The van der Waals surface area contributed by atoms with E-state index >= 15 is 0 Å². The molecule has 96 valence electrons. The Bertz CT molecular complexity index is 438. The van der Waals surface area contributed by atoms with Crippen LogP contribution in [0.15, 0.2) is 16.5 Å². The lowest BCUT2D eigenvalue weighted by molar-refractivity contribution is -0.135. The van der Waals surface area contributed by atoms with Crippen molar-refractivity contribution in [3.05, 3.63) is 21.8 Å². The molecule has 1 heterocycles. The monoisotopic (exact) mass is 250 g/mol. The fraction of sp³-hybridized carbons (Fsp3) is 0.600. The van der Waals surface area contributed by atoms with Crippen molar-refractivity contribution >= 4 is 5.97 Å². The molecular weight excluding hydrogens is 236 g/mol. The van der Waals surface area contributed by atoms with E-state index in [-0.39, 0.29) is 11.4 Å². The first kappa shape index (κ1) is 13.8. The van der Waals surface area contributed by atoms with Crippen LogP contribution in [0, 0.1) is 11.3 Å². The predicted octanol–water partition coefficient (Wildman–Crippen LogP) is 0.452. The number of nitriles is 1. The maximum absolute atomic E-state index is 11.4. The molecule has 1 aliphatic rings. The Hall–Kier alpha value is -2.23. The van der Waals surface area contributed by atoms with E-state index < -0.39 is 5.97 Å². The van der Waals surface area contributed by atoms with E-state index in [4.69, 9.17) is 10.8 Å². The van der Waals surface area contributed by atoms with Crippen LogP contribution in [0.4, 0.5) is 0 Å². The highest BCUT2D eigenvalue weighted by Gasteiger charge is 2.22. The number of ether oxygens (including phenoxy) is 1. The van der Waals surface area contributed by atoms with Gasteiger partial charge in [0, 0.05) is 31.1 Å². The number of esters is 1. The summed E-state index contributed by atoms with van der Waals surface area (Å²) in [7, 11) is 3.15. The zero-order chi connectivity index (χ0) is 13.5. The summed E-state index contributed by atoms with van der Waals surface area (Å²) in [6.45, 7) is 2.72. The molecule has 0 spiro atoms. The molecular formula is C10H14N6O2. The number of methoxy groups -OCH3 is 1. The first-order chi connectivity index (χ1) is 8.63. The van der Waals surface area contributed by atoms with Gasteiger partial charge in [-0.3, -0.25) is 0 Å². The van der Waals surface area contributed by atoms with Gasteiger partial charge >= 0.3 is 5.97 Å². The molecule has 0 aliphatic carbocycles. The maximum Gasteiger partial charge on any atom is 0.350 e. The third-order valence-corrected chi connectivity index (χ3v) is 2.67. The lowest BCUT2D eigenvalue weighted by Crippen LogP contribution is -2.44. The summed E-state index contributed by atoms with van der Waals surface area (Å²) in [5.41, 5.74) is 8.28. The summed E-state index contributed by atoms with van der Waals surface area (Å²) >= 11 is 0. The minimum atomic E-state index is -0.793. The molecule has 0 amide bonds. The van der Waals surface area contributed by atoms with E-state index in [1.54, 1.807) is 11.0 Å². The average molecular weight is 250 g/mol. The number of likely N-dealkylation sites (N-methyl/N-ethyl adjacent to an activating group) is 1. The summed E-state index contributed by atoms with van der Waals surface area (Å²) in [5.74, 6) is -0.751. The molecule has 8 heteroatoms. The van der Waals surface area contributed by atoms with Crippen LogP contribution >= 0.6 is 0 Å². The van der Waals surface area contributed by atoms with E-state index in [0.717, 1.165) is 13.1 Å². The number of carbonyl (C=O) groups is 1. The van der Waals surface area contributed by atoms with Gasteiger partial charge in [-0.25, -0.2) is 4.79 Å². The number of nitrogens with zero attached hydrogens (tertiary/aromatic N) is 6. The average Bonchev–Trinajstić information content (AvgIpc) is 2.39. The second-order valence-electron chi connectivity index (χ2n) is 3.78. The minimum absolute atomic E-state index is 0.0416. The Morgan fingerprint density at radius 1 is 1.44 bits per heavy atom. The fourth-order valence-corrected chi connectivity index (χ4v) is 1.62. The summed E-state index contributed by atoms with van der Waals surface area (Å²) < 4.78 is 4.50. The van der Waals surface area contributed by atoms with Crippen LogP contribution in [0.3, 0.4) is 0 Å². The second kappa shape index (κ2) is 6.49. The molecule has 18 heavy (non-hydrogen) atoms. The fourth-order valence-electron chi connectivity index (χ4n) is 1.62. The van der Waals surface area contributed by atoms with Crippen molar-refractivity contribution in [1.82, 2.24) is 9.80 Å². The molecule has 0 aromatic rings. The Balaban J connectivity index is 3.08. The zero-order valence-corrected chi connectivity index (χ0v) is 10.3. The van der Waals surface area contributed by atoms with Crippen LogP contribution in [0.2, 0.25) is 0 Å². The van der Waals surface area contributed by atoms with Crippen molar-refractivity contribution in [3.63, 3.8) is 0 Å². The quantitative estimate of drug-likeness (QED) is 0.180. The number of hydrogen-bond acceptors (Lipinski definition) is 6. The van der Waals surface area contributed by atoms with Crippen LogP contribution in [0.1, 0.15) is 0 Å². The van der Waals surface area contributed by atoms with Crippen molar-refractivity contribution in [2.75, 3.05) is 40.3 Å². The van der Waals surface area contributed by atoms with Gasteiger partial charge in [-0.15, -0.1) is 0 Å². The minimum Gasteiger partial charge on any atom is -0.465 e. The first-order valence-electron chi connectivity index (χ1n) is 5.35. The smallest absolute Gasteiger partial charge is 0.350 e. The number of azide groups is 1. The number of carbonyl (C=O) groups excluding carboxylic acids is 1. The lowest BCUT2D eigenvalue weighted by atomic mass is 10.2. The van der Waals surface area contributed by atoms with Crippen LogP contribution in [0.5, 0.6) is 0 Å². The number of rotatable bonds is 3. The van der Waals surface area contributed by atoms with Gasteiger partial charge in [0.15, 0.2) is 5.57 Å². The summed E-state index contributed by atoms with van der Waals surface area (Å²) in [6.07, 6.45) is 0. The summed E-state index contributed by atoms with van der Waals surface area (Å²) in [5, 5.41) is 12.4. The van der Waals surface area contributed by atoms with Crippen molar-refractivity contribution in [3.8, 4) is 6.07 Å². The van der Waals surface area contributed by atoms with Gasteiger partial charge in [-0.05, 0) is 17.7 Å². The van der Waals surface area contributed by atoms with Gasteiger partial charge in [-0.1, -0.05) is 0 Å². The number of piperazine rings is 1. The molecule has 1 saturated heterocycles. The molecule has 1 rings (SSSR count). The second-order valence-corrected chi connectivity index (χ2v) is 3.78. The van der Waals surface area contributed by atoms with Crippen LogP contribution in [-0.2, 0) is 9.53 Å². The molecule has 1 fully saturated rings. The van der Waals surface area contributed by atoms with E-state index in [0.29, 0.717) is 13.1 Å². The highest BCUT2D eigenvalue weighted by molar-refractivity contribution is 5.93. The Morgan fingerprint density at radius 3 is 2.50 bits per heavy atom. The van der Waals surface area contributed by atoms with E-state index in [9.17, 15) is 4.79 Å². The van der Waals surface area contributed by atoms with Crippen LogP contribution < -0.4 is 0 Å². The van der Waals surface area contributed by atoms with Crippen LogP contribution in [-0.4, -0.2) is 56.1 Å².